The number of hydrogen-bond donors (Lipinski definition) is 2. The Balaban J connectivity index is 1.55. The van der Waals surface area contributed by atoms with Crippen LogP contribution in [0.15, 0.2) is 23.0 Å². The third-order valence-corrected chi connectivity index (χ3v) is 6.96. The van der Waals surface area contributed by atoms with Crippen molar-refractivity contribution in [2.24, 2.45) is 7.05 Å². The van der Waals surface area contributed by atoms with Crippen LogP contribution in [0, 0.1) is 0 Å². The molecular formula is C26H37N7O6. The first-order valence-electron chi connectivity index (χ1n) is 12.8. The first kappa shape index (κ1) is 29.6. The molecule has 0 saturated carbocycles. The van der Waals surface area contributed by atoms with Crippen molar-refractivity contribution in [3.63, 3.8) is 0 Å². The second kappa shape index (κ2) is 12.7. The lowest BCUT2D eigenvalue weighted by molar-refractivity contribution is -0.139. The Kier molecular flexibility index (Phi) is 9.62. The van der Waals surface area contributed by atoms with Crippen molar-refractivity contribution < 1.29 is 24.0 Å². The molecule has 2 N–H and O–H groups in total. The van der Waals surface area contributed by atoms with E-state index in [0.717, 1.165) is 5.56 Å². The molecular weight excluding hydrogens is 506 g/mol. The van der Waals surface area contributed by atoms with Gasteiger partial charge in [-0.3, -0.25) is 43.3 Å². The van der Waals surface area contributed by atoms with Gasteiger partial charge in [-0.15, -0.1) is 0 Å². The van der Waals surface area contributed by atoms with Crippen molar-refractivity contribution in [1.82, 2.24) is 34.5 Å². The highest BCUT2D eigenvalue weighted by atomic mass is 16.2. The van der Waals surface area contributed by atoms with E-state index in [1.807, 2.05) is 18.2 Å². The van der Waals surface area contributed by atoms with Gasteiger partial charge in [-0.1, -0.05) is 6.07 Å². The Hall–Kier alpha value is -4.00. The summed E-state index contributed by atoms with van der Waals surface area (Å²) in [6.45, 7) is 0.527. The van der Waals surface area contributed by atoms with E-state index in [0.29, 0.717) is 30.4 Å². The summed E-state index contributed by atoms with van der Waals surface area (Å²) in [5.41, 5.74) is 1.97. The second-order valence-electron chi connectivity index (χ2n) is 10.0. The number of likely N-dealkylation sites (N-methyl/N-ethyl adjacent to an activating group) is 4. The maximum atomic E-state index is 12.9. The van der Waals surface area contributed by atoms with E-state index in [1.54, 1.807) is 38.0 Å². The van der Waals surface area contributed by atoms with Gasteiger partial charge >= 0.3 is 5.69 Å². The van der Waals surface area contributed by atoms with Crippen molar-refractivity contribution in [2.75, 3.05) is 54.4 Å². The number of benzene rings is 1. The van der Waals surface area contributed by atoms with Crippen LogP contribution in [-0.4, -0.2) is 108 Å². The summed E-state index contributed by atoms with van der Waals surface area (Å²) in [6, 6.07) is 4.88. The topological polar surface area (TPSA) is 146 Å². The average Bonchev–Trinajstić information content (AvgIpc) is 3.13. The Morgan fingerprint density at radius 1 is 1.00 bits per heavy atom. The molecule has 0 spiro atoms. The fraction of sp³-hybridized carbons (Fsp3) is 0.538. The summed E-state index contributed by atoms with van der Waals surface area (Å²) < 4.78 is 2.94. The number of fused-ring (bicyclic) bond motifs is 1. The van der Waals surface area contributed by atoms with E-state index >= 15 is 0 Å². The molecule has 1 aliphatic rings. The fourth-order valence-corrected chi connectivity index (χ4v) is 4.58. The molecule has 39 heavy (non-hydrogen) atoms. The van der Waals surface area contributed by atoms with Gasteiger partial charge in [0.05, 0.1) is 30.7 Å². The van der Waals surface area contributed by atoms with Crippen LogP contribution in [0.2, 0.25) is 0 Å². The number of piperidine rings is 1. The summed E-state index contributed by atoms with van der Waals surface area (Å²) in [5.74, 6) is -1.46. The van der Waals surface area contributed by atoms with Gasteiger partial charge in [0.2, 0.25) is 29.5 Å². The number of rotatable bonds is 11. The highest BCUT2D eigenvalue weighted by Crippen LogP contribution is 2.24. The van der Waals surface area contributed by atoms with E-state index in [9.17, 15) is 28.8 Å². The number of imidazole rings is 1. The molecule has 1 fully saturated rings. The quantitative estimate of drug-likeness (QED) is 0.340. The molecule has 2 heterocycles. The van der Waals surface area contributed by atoms with E-state index in [4.69, 9.17) is 0 Å². The number of nitrogens with zero attached hydrogens (tertiary/aromatic N) is 5. The van der Waals surface area contributed by atoms with Crippen LogP contribution >= 0.6 is 0 Å². The monoisotopic (exact) mass is 543 g/mol. The van der Waals surface area contributed by atoms with Crippen LogP contribution in [0.3, 0.4) is 0 Å². The molecule has 1 aromatic carbocycles. The third-order valence-electron chi connectivity index (χ3n) is 6.96. The van der Waals surface area contributed by atoms with Crippen molar-refractivity contribution in [3.8, 4) is 0 Å². The summed E-state index contributed by atoms with van der Waals surface area (Å²) in [5, 5.41) is 4.81. The zero-order valence-electron chi connectivity index (χ0n) is 23.2. The summed E-state index contributed by atoms with van der Waals surface area (Å²) in [7, 11) is 8.08. The van der Waals surface area contributed by atoms with E-state index in [2.05, 4.69) is 10.6 Å². The van der Waals surface area contributed by atoms with Crippen LogP contribution in [0.5, 0.6) is 0 Å². The summed E-state index contributed by atoms with van der Waals surface area (Å²) >= 11 is 0. The van der Waals surface area contributed by atoms with Crippen molar-refractivity contribution in [3.05, 3.63) is 34.2 Å². The predicted octanol–water partition coefficient (Wildman–Crippen LogP) is -1.16. The van der Waals surface area contributed by atoms with Gasteiger partial charge in [-0.25, -0.2) is 4.79 Å². The van der Waals surface area contributed by atoms with Gasteiger partial charge in [0.1, 0.15) is 6.04 Å². The molecule has 2 aromatic rings. The number of nitrogens with one attached hydrogen (secondary N) is 2. The normalized spacial score (nSPS) is 15.4. The summed E-state index contributed by atoms with van der Waals surface area (Å²) in [6.07, 6.45) is 1.79. The minimum atomic E-state index is -0.731. The molecule has 1 aliphatic heterocycles. The van der Waals surface area contributed by atoms with Gasteiger partial charge in [0, 0.05) is 41.2 Å². The molecule has 13 nitrogen and oxygen atoms in total. The van der Waals surface area contributed by atoms with E-state index in [-0.39, 0.29) is 61.8 Å². The molecule has 3 rings (SSSR count). The van der Waals surface area contributed by atoms with Crippen LogP contribution in [0.25, 0.3) is 11.0 Å². The van der Waals surface area contributed by atoms with Crippen LogP contribution in [0.4, 0.5) is 0 Å². The molecule has 1 aromatic heterocycles. The Morgan fingerprint density at radius 3 is 2.36 bits per heavy atom. The Morgan fingerprint density at radius 2 is 1.69 bits per heavy atom. The maximum absolute atomic E-state index is 12.9. The Labute approximate surface area is 226 Å². The molecule has 1 atom stereocenters. The number of aromatic nitrogens is 2. The third kappa shape index (κ3) is 7.11. The predicted molar refractivity (Wildman–Crippen MR) is 144 cm³/mol. The lowest BCUT2D eigenvalue weighted by atomic mass is 10.1. The van der Waals surface area contributed by atoms with Crippen LogP contribution in [0.1, 0.15) is 30.9 Å². The molecule has 13 heteroatoms. The standard InChI is InChI=1S/C26H37N7O6/c1-27-22(35)14-29(2)15-23(36)31(4)16-24(37)30(3)12-6-7-17-8-9-18-20(13-17)32(5)26(39)33(18)19-10-11-21(34)28-25(19)38/h8-9,13,19H,6-7,10-12,14-16H2,1-5H3,(H,27,35)(H,28,34,38). The molecule has 0 aliphatic carbocycles. The lowest BCUT2D eigenvalue weighted by Crippen LogP contribution is -2.44. The van der Waals surface area contributed by atoms with Crippen molar-refractivity contribution in [1.29, 1.82) is 0 Å². The van der Waals surface area contributed by atoms with E-state index < -0.39 is 11.9 Å². The maximum Gasteiger partial charge on any atom is 0.329 e. The summed E-state index contributed by atoms with van der Waals surface area (Å²) in [4.78, 5) is 77.8. The lowest BCUT2D eigenvalue weighted by Gasteiger charge is -2.24. The van der Waals surface area contributed by atoms with Gasteiger partial charge in [0.25, 0.3) is 0 Å². The average molecular weight is 544 g/mol. The zero-order chi connectivity index (χ0) is 28.9. The van der Waals surface area contributed by atoms with Crippen molar-refractivity contribution in [2.45, 2.75) is 31.7 Å². The molecule has 1 saturated heterocycles. The van der Waals surface area contributed by atoms with Crippen LogP contribution in [-0.2, 0) is 37.4 Å². The molecule has 5 amide bonds. The number of hydrogen-bond acceptors (Lipinski definition) is 7. The minimum absolute atomic E-state index is 0.0250. The number of carbonyl (C=O) groups is 5. The number of imide groups is 1. The fourth-order valence-electron chi connectivity index (χ4n) is 4.58. The van der Waals surface area contributed by atoms with E-state index in [1.165, 1.54) is 21.1 Å². The minimum Gasteiger partial charge on any atom is -0.358 e. The van der Waals surface area contributed by atoms with Gasteiger partial charge in [0.15, 0.2) is 0 Å². The zero-order valence-corrected chi connectivity index (χ0v) is 23.2. The van der Waals surface area contributed by atoms with Gasteiger partial charge in [-0.2, -0.15) is 0 Å². The number of aryl methyl sites for hydroxylation is 2. The first-order valence-corrected chi connectivity index (χ1v) is 12.8. The van der Waals surface area contributed by atoms with Crippen molar-refractivity contribution >= 4 is 40.6 Å². The smallest absolute Gasteiger partial charge is 0.329 e. The highest BCUT2D eigenvalue weighted by molar-refractivity contribution is 6.00. The molecule has 0 bridgehead atoms. The molecule has 212 valence electrons. The Bertz CT molecular complexity index is 1330. The van der Waals surface area contributed by atoms with Gasteiger partial charge < -0.3 is 15.1 Å². The van der Waals surface area contributed by atoms with Gasteiger partial charge in [-0.05, 0) is 44.0 Å². The van der Waals surface area contributed by atoms with Crippen LogP contribution < -0.4 is 16.3 Å². The largest absolute Gasteiger partial charge is 0.358 e. The number of amides is 5. The highest BCUT2D eigenvalue weighted by Gasteiger charge is 2.31. The second-order valence-corrected chi connectivity index (χ2v) is 10.0. The molecule has 1 unspecified atom stereocenters. The SMILES string of the molecule is CNC(=O)CN(C)CC(=O)N(C)CC(=O)N(C)CCCc1ccc2c(c1)n(C)c(=O)n2C1CCC(=O)NC1=O. The molecule has 0 radical (unpaired) electrons. The first-order chi connectivity index (χ1) is 18.4. The number of carbonyl (C=O) groups excluding carboxylic acids is 5.